The second-order valence-corrected chi connectivity index (χ2v) is 5.49. The second-order valence-electron chi connectivity index (χ2n) is 5.49. The molecule has 3 atom stereocenters. The topological polar surface area (TPSA) is 15.3 Å². The van der Waals surface area contributed by atoms with Crippen molar-refractivity contribution in [1.82, 2.24) is 10.2 Å². The predicted octanol–water partition coefficient (Wildman–Crippen LogP) is 3.85. The minimum Gasteiger partial charge on any atom is -0.309 e. The van der Waals surface area contributed by atoms with Crippen molar-refractivity contribution < 1.29 is 0 Å². The van der Waals surface area contributed by atoms with Crippen molar-refractivity contribution in [1.29, 1.82) is 0 Å². The van der Waals surface area contributed by atoms with E-state index in [0.717, 1.165) is 6.54 Å². The number of rotatable bonds is 8. The maximum absolute atomic E-state index is 3.63. The van der Waals surface area contributed by atoms with Gasteiger partial charge in [0.15, 0.2) is 0 Å². The largest absolute Gasteiger partial charge is 0.309 e. The molecule has 0 heterocycles. The highest BCUT2D eigenvalue weighted by Gasteiger charge is 2.24. The maximum atomic E-state index is 3.63. The summed E-state index contributed by atoms with van der Waals surface area (Å²) in [5.41, 5.74) is 1.38. The first-order valence-corrected chi connectivity index (χ1v) is 7.62. The minimum absolute atomic E-state index is 0.399. The van der Waals surface area contributed by atoms with Crippen molar-refractivity contribution >= 4 is 0 Å². The van der Waals surface area contributed by atoms with Crippen LogP contribution in [-0.4, -0.2) is 30.6 Å². The first-order chi connectivity index (χ1) is 9.11. The van der Waals surface area contributed by atoms with Gasteiger partial charge in [0, 0.05) is 18.1 Å². The van der Waals surface area contributed by atoms with Crippen LogP contribution in [0, 0.1) is 0 Å². The fraction of sp³-hybridized carbons (Fsp3) is 0.647. The van der Waals surface area contributed by atoms with Crippen LogP contribution in [0.2, 0.25) is 0 Å². The minimum atomic E-state index is 0.399. The normalized spacial score (nSPS) is 16.3. The van der Waals surface area contributed by atoms with Crippen LogP contribution in [0.25, 0.3) is 0 Å². The lowest BCUT2D eigenvalue weighted by molar-refractivity contribution is 0.152. The van der Waals surface area contributed by atoms with Crippen LogP contribution < -0.4 is 5.32 Å². The van der Waals surface area contributed by atoms with Gasteiger partial charge < -0.3 is 5.32 Å². The van der Waals surface area contributed by atoms with Crippen LogP contribution in [0.4, 0.5) is 0 Å². The molecule has 2 nitrogen and oxygen atoms in total. The third-order valence-corrected chi connectivity index (χ3v) is 4.11. The molecule has 0 amide bonds. The summed E-state index contributed by atoms with van der Waals surface area (Å²) >= 11 is 0. The molecule has 0 spiro atoms. The number of hydrogen-bond donors (Lipinski definition) is 1. The monoisotopic (exact) mass is 262 g/mol. The molecule has 0 saturated heterocycles. The standard InChI is InChI=1S/C17H30N2/c1-6-11-14(3)19(5)15(4)17(18-7-2)16-12-9-8-10-13-16/h8-10,12-15,17-18H,6-7,11H2,1-5H3. The lowest BCUT2D eigenvalue weighted by Crippen LogP contribution is -2.44. The highest BCUT2D eigenvalue weighted by atomic mass is 15.2. The zero-order valence-corrected chi connectivity index (χ0v) is 13.2. The molecule has 0 aliphatic carbocycles. The average Bonchev–Trinajstić information content (AvgIpc) is 2.44. The van der Waals surface area contributed by atoms with E-state index in [2.05, 4.69) is 75.3 Å². The molecule has 0 saturated carbocycles. The van der Waals surface area contributed by atoms with Crippen LogP contribution in [-0.2, 0) is 0 Å². The van der Waals surface area contributed by atoms with Crippen LogP contribution in [0.3, 0.4) is 0 Å². The Morgan fingerprint density at radius 1 is 1.11 bits per heavy atom. The number of benzene rings is 1. The van der Waals surface area contributed by atoms with E-state index in [1.165, 1.54) is 18.4 Å². The van der Waals surface area contributed by atoms with Gasteiger partial charge in [-0.15, -0.1) is 0 Å². The summed E-state index contributed by atoms with van der Waals surface area (Å²) in [6, 6.07) is 12.3. The van der Waals surface area contributed by atoms with E-state index in [1.807, 2.05) is 0 Å². The van der Waals surface area contributed by atoms with Gasteiger partial charge in [0.1, 0.15) is 0 Å². The summed E-state index contributed by atoms with van der Waals surface area (Å²) in [5.74, 6) is 0. The second kappa shape index (κ2) is 8.34. The van der Waals surface area contributed by atoms with Crippen molar-refractivity contribution in [3.63, 3.8) is 0 Å². The number of hydrogen-bond acceptors (Lipinski definition) is 2. The first kappa shape index (κ1) is 16.2. The Hall–Kier alpha value is -0.860. The zero-order chi connectivity index (χ0) is 14.3. The molecule has 0 aliphatic heterocycles. The van der Waals surface area contributed by atoms with Gasteiger partial charge in [0.25, 0.3) is 0 Å². The molecule has 1 aromatic rings. The van der Waals surface area contributed by atoms with Gasteiger partial charge in [-0.25, -0.2) is 0 Å². The SMILES string of the molecule is CCCC(C)N(C)C(C)C(NCC)c1ccccc1. The molecule has 1 aromatic carbocycles. The van der Waals surface area contributed by atoms with Crippen molar-refractivity contribution in [2.45, 2.75) is 58.7 Å². The lowest BCUT2D eigenvalue weighted by Gasteiger charge is -2.36. The molecule has 3 unspecified atom stereocenters. The fourth-order valence-corrected chi connectivity index (χ4v) is 2.71. The van der Waals surface area contributed by atoms with Gasteiger partial charge in [-0.2, -0.15) is 0 Å². The molecule has 1 rings (SSSR count). The number of likely N-dealkylation sites (N-methyl/N-ethyl adjacent to an activating group) is 2. The Kier molecular flexibility index (Phi) is 7.11. The van der Waals surface area contributed by atoms with Gasteiger partial charge in [-0.05, 0) is 39.4 Å². The Balaban J connectivity index is 2.81. The molecule has 0 fully saturated rings. The van der Waals surface area contributed by atoms with E-state index < -0.39 is 0 Å². The molecule has 0 aromatic heterocycles. The van der Waals surface area contributed by atoms with Gasteiger partial charge >= 0.3 is 0 Å². The first-order valence-electron chi connectivity index (χ1n) is 7.62. The molecule has 2 heteroatoms. The van der Waals surface area contributed by atoms with Gasteiger partial charge in [0.2, 0.25) is 0 Å². The smallest absolute Gasteiger partial charge is 0.0475 e. The van der Waals surface area contributed by atoms with Crippen molar-refractivity contribution in [3.05, 3.63) is 35.9 Å². The summed E-state index contributed by atoms with van der Waals surface area (Å²) in [4.78, 5) is 2.50. The van der Waals surface area contributed by atoms with E-state index in [-0.39, 0.29) is 0 Å². The van der Waals surface area contributed by atoms with Gasteiger partial charge in [0.05, 0.1) is 0 Å². The molecular formula is C17H30N2. The van der Waals surface area contributed by atoms with Crippen LogP contribution >= 0.6 is 0 Å². The van der Waals surface area contributed by atoms with Crippen molar-refractivity contribution in [2.75, 3.05) is 13.6 Å². The van der Waals surface area contributed by atoms with E-state index >= 15 is 0 Å². The van der Waals surface area contributed by atoms with Crippen LogP contribution in [0.15, 0.2) is 30.3 Å². The molecule has 0 radical (unpaired) electrons. The summed E-state index contributed by atoms with van der Waals surface area (Å²) in [7, 11) is 2.25. The Morgan fingerprint density at radius 2 is 1.74 bits per heavy atom. The van der Waals surface area contributed by atoms with Gasteiger partial charge in [-0.1, -0.05) is 50.6 Å². The summed E-state index contributed by atoms with van der Waals surface area (Å²) in [5, 5.41) is 3.63. The Bertz CT molecular complexity index is 336. The number of nitrogens with zero attached hydrogens (tertiary/aromatic N) is 1. The molecule has 0 bridgehead atoms. The Morgan fingerprint density at radius 3 is 2.26 bits per heavy atom. The quantitative estimate of drug-likeness (QED) is 0.765. The highest BCUT2D eigenvalue weighted by molar-refractivity contribution is 5.20. The van der Waals surface area contributed by atoms with E-state index in [1.54, 1.807) is 0 Å². The third kappa shape index (κ3) is 4.63. The molecule has 108 valence electrons. The summed E-state index contributed by atoms with van der Waals surface area (Å²) < 4.78 is 0. The average molecular weight is 262 g/mol. The van der Waals surface area contributed by atoms with E-state index in [0.29, 0.717) is 18.1 Å². The highest BCUT2D eigenvalue weighted by Crippen LogP contribution is 2.22. The van der Waals surface area contributed by atoms with Gasteiger partial charge in [-0.3, -0.25) is 4.90 Å². The van der Waals surface area contributed by atoms with E-state index in [4.69, 9.17) is 0 Å². The van der Waals surface area contributed by atoms with Crippen LogP contribution in [0.5, 0.6) is 0 Å². The zero-order valence-electron chi connectivity index (χ0n) is 13.2. The summed E-state index contributed by atoms with van der Waals surface area (Å²) in [6.07, 6.45) is 2.50. The van der Waals surface area contributed by atoms with Crippen molar-refractivity contribution in [3.8, 4) is 0 Å². The molecule has 19 heavy (non-hydrogen) atoms. The third-order valence-electron chi connectivity index (χ3n) is 4.11. The molecule has 1 N–H and O–H groups in total. The molecule has 0 aliphatic rings. The lowest BCUT2D eigenvalue weighted by atomic mass is 9.97. The maximum Gasteiger partial charge on any atom is 0.0475 e. The summed E-state index contributed by atoms with van der Waals surface area (Å²) in [6.45, 7) is 10.1. The molecular weight excluding hydrogens is 232 g/mol. The van der Waals surface area contributed by atoms with Crippen LogP contribution in [0.1, 0.15) is 52.1 Å². The van der Waals surface area contributed by atoms with Crippen molar-refractivity contribution in [2.24, 2.45) is 0 Å². The predicted molar refractivity (Wildman–Crippen MR) is 84.5 cm³/mol. The Labute approximate surface area is 119 Å². The number of nitrogens with one attached hydrogen (secondary N) is 1. The fourth-order valence-electron chi connectivity index (χ4n) is 2.71. The van der Waals surface area contributed by atoms with E-state index in [9.17, 15) is 0 Å².